The Morgan fingerprint density at radius 3 is 2.06 bits per heavy atom. The molecule has 1 aromatic heterocycles. The van der Waals surface area contributed by atoms with Crippen molar-refractivity contribution in [2.75, 3.05) is 0 Å². The summed E-state index contributed by atoms with van der Waals surface area (Å²) in [5.41, 5.74) is 2.77. The zero-order chi connectivity index (χ0) is 23.2. The van der Waals surface area contributed by atoms with Gasteiger partial charge in [0.15, 0.2) is 0 Å². The van der Waals surface area contributed by atoms with Crippen LogP contribution in [0.15, 0.2) is 117 Å². The summed E-state index contributed by atoms with van der Waals surface area (Å²) < 4.78 is 4.49. The molecule has 6 rings (SSSR count). The minimum Gasteiger partial charge on any atom is -0.245 e. The zero-order valence-corrected chi connectivity index (χ0v) is 19.3. The lowest BCUT2D eigenvalue weighted by atomic mass is 9.92. The number of para-hydroxylation sites is 1. The fourth-order valence-corrected chi connectivity index (χ4v) is 5.87. The Morgan fingerprint density at radius 2 is 1.38 bits per heavy atom. The first kappa shape index (κ1) is 20.7. The quantitative estimate of drug-likeness (QED) is 0.437. The molecule has 0 fully saturated rings. The molecule has 2 aliphatic rings. The Labute approximate surface area is 200 Å². The second-order valence-corrected chi connectivity index (χ2v) is 9.53. The summed E-state index contributed by atoms with van der Waals surface area (Å²) in [6.45, 7) is 2.09. The first-order chi connectivity index (χ1) is 16.6. The van der Waals surface area contributed by atoms with Crippen LogP contribution < -0.4 is 11.4 Å². The summed E-state index contributed by atoms with van der Waals surface area (Å²) >= 11 is 1.50. The third kappa shape index (κ3) is 3.23. The van der Waals surface area contributed by atoms with Gasteiger partial charge >= 0.3 is 11.4 Å². The number of nitrogens with zero attached hydrogens (tertiary/aromatic N) is 4. The van der Waals surface area contributed by atoms with Crippen molar-refractivity contribution in [3.63, 3.8) is 0 Å². The number of aliphatic imine (C=N–C) groups is 1. The van der Waals surface area contributed by atoms with E-state index in [9.17, 15) is 9.59 Å². The molecule has 0 unspecified atom stereocenters. The maximum atomic E-state index is 13.8. The fourth-order valence-electron chi connectivity index (χ4n) is 4.68. The molecule has 0 aliphatic carbocycles. The number of aromatic nitrogens is 3. The van der Waals surface area contributed by atoms with Crippen LogP contribution in [0.2, 0.25) is 0 Å². The van der Waals surface area contributed by atoms with Gasteiger partial charge in [-0.1, -0.05) is 97.5 Å². The lowest BCUT2D eigenvalue weighted by Crippen LogP contribution is -2.37. The summed E-state index contributed by atoms with van der Waals surface area (Å²) in [5.74, 6) is -0.0365. The van der Waals surface area contributed by atoms with E-state index in [0.717, 1.165) is 21.9 Å². The third-order valence-corrected chi connectivity index (χ3v) is 7.65. The molecule has 0 bridgehead atoms. The van der Waals surface area contributed by atoms with Crippen LogP contribution >= 0.6 is 11.8 Å². The first-order valence-electron chi connectivity index (χ1n) is 11.2. The smallest absolute Gasteiger partial charge is 0.245 e. The van der Waals surface area contributed by atoms with Crippen molar-refractivity contribution in [1.82, 2.24) is 13.9 Å². The summed E-state index contributed by atoms with van der Waals surface area (Å²) in [5, 5.41) is 0.461. The highest BCUT2D eigenvalue weighted by Crippen LogP contribution is 2.45. The average Bonchev–Trinajstić information content (AvgIpc) is 3.43. The van der Waals surface area contributed by atoms with Gasteiger partial charge in [0, 0.05) is 11.5 Å². The summed E-state index contributed by atoms with van der Waals surface area (Å²) in [6.07, 6.45) is 2.06. The van der Waals surface area contributed by atoms with Gasteiger partial charge in [0.05, 0.1) is 17.4 Å². The third-order valence-electron chi connectivity index (χ3n) is 6.43. The second-order valence-electron chi connectivity index (χ2n) is 8.46. The molecular formula is C27H22N4O2S. The molecule has 2 aliphatic heterocycles. The SMILES string of the molecule is C[C@@H](c1ccccc1)[C@@H]1C=C2N=C(c3ccccc3)S[C@H]2n2c(=O)n(-c3ccccc3)c(=O)n21. The highest BCUT2D eigenvalue weighted by molar-refractivity contribution is 8.14. The molecule has 6 nitrogen and oxygen atoms in total. The number of thioether (sulfide) groups is 1. The largest absolute Gasteiger partial charge is 0.353 e. The molecule has 0 N–H and O–H groups in total. The molecule has 0 saturated carbocycles. The van der Waals surface area contributed by atoms with Crippen LogP contribution in [0.25, 0.3) is 5.69 Å². The van der Waals surface area contributed by atoms with Crippen LogP contribution in [0.1, 0.15) is 35.4 Å². The molecular weight excluding hydrogens is 444 g/mol. The Balaban J connectivity index is 1.55. The standard InChI is InChI=1S/C27H22N4O2S/c1-18(19-11-5-2-6-12-19)23-17-22-25(34-24(28-22)20-13-7-3-8-14-20)31-27(33)29(26(32)30(23)31)21-15-9-4-10-16-21/h2-18,23,25H,1H3/t18-,23-,25+/m0/s1. The molecule has 0 spiro atoms. The van der Waals surface area contributed by atoms with Gasteiger partial charge in [0.1, 0.15) is 10.4 Å². The predicted octanol–water partition coefficient (Wildman–Crippen LogP) is 4.74. The second kappa shape index (κ2) is 8.18. The van der Waals surface area contributed by atoms with Gasteiger partial charge in [-0.05, 0) is 23.8 Å². The van der Waals surface area contributed by atoms with Crippen LogP contribution in [-0.2, 0) is 0 Å². The molecule has 0 amide bonds. The van der Waals surface area contributed by atoms with Crippen molar-refractivity contribution < 1.29 is 0 Å². The van der Waals surface area contributed by atoms with Crippen LogP contribution in [0.5, 0.6) is 0 Å². The van der Waals surface area contributed by atoms with Crippen molar-refractivity contribution >= 4 is 16.8 Å². The van der Waals surface area contributed by atoms with E-state index >= 15 is 0 Å². The summed E-state index contributed by atoms with van der Waals surface area (Å²) in [6, 6.07) is 28.8. The predicted molar refractivity (Wildman–Crippen MR) is 136 cm³/mol. The van der Waals surface area contributed by atoms with Gasteiger partial charge < -0.3 is 0 Å². The molecule has 3 heterocycles. The van der Waals surface area contributed by atoms with Crippen molar-refractivity contribution in [3.8, 4) is 5.69 Å². The fraction of sp³-hybridized carbons (Fsp3) is 0.148. The number of rotatable bonds is 4. The Bertz CT molecular complexity index is 1530. The highest BCUT2D eigenvalue weighted by Gasteiger charge is 2.40. The molecule has 34 heavy (non-hydrogen) atoms. The van der Waals surface area contributed by atoms with E-state index in [1.165, 1.54) is 16.3 Å². The molecule has 4 aromatic rings. The van der Waals surface area contributed by atoms with Crippen molar-refractivity contribution in [1.29, 1.82) is 0 Å². The molecule has 0 saturated heterocycles. The van der Waals surface area contributed by atoms with Crippen LogP contribution in [0, 0.1) is 0 Å². The van der Waals surface area contributed by atoms with Gasteiger partial charge in [0.2, 0.25) is 0 Å². The van der Waals surface area contributed by atoms with Crippen molar-refractivity contribution in [2.45, 2.75) is 24.3 Å². The maximum absolute atomic E-state index is 13.8. The lowest BCUT2D eigenvalue weighted by molar-refractivity contribution is 0.353. The van der Waals surface area contributed by atoms with Crippen LogP contribution in [0.3, 0.4) is 0 Å². The van der Waals surface area contributed by atoms with Gasteiger partial charge in [-0.25, -0.2) is 28.5 Å². The normalized spacial score (nSPS) is 19.7. The van der Waals surface area contributed by atoms with E-state index in [1.54, 1.807) is 21.5 Å². The van der Waals surface area contributed by atoms with E-state index in [-0.39, 0.29) is 28.7 Å². The molecule has 3 atom stereocenters. The molecule has 168 valence electrons. The van der Waals surface area contributed by atoms with E-state index in [4.69, 9.17) is 4.99 Å². The average molecular weight is 467 g/mol. The maximum Gasteiger partial charge on any atom is 0.353 e. The lowest BCUT2D eigenvalue weighted by Gasteiger charge is -2.30. The summed E-state index contributed by atoms with van der Waals surface area (Å²) in [7, 11) is 0. The minimum absolute atomic E-state index is 0.0365. The number of allylic oxidation sites excluding steroid dienone is 1. The van der Waals surface area contributed by atoms with E-state index in [1.807, 2.05) is 66.7 Å². The Morgan fingerprint density at radius 1 is 0.794 bits per heavy atom. The van der Waals surface area contributed by atoms with E-state index in [0.29, 0.717) is 5.69 Å². The van der Waals surface area contributed by atoms with Gasteiger partial charge in [-0.2, -0.15) is 0 Å². The Hall–Kier alpha value is -3.84. The minimum atomic E-state index is -0.389. The van der Waals surface area contributed by atoms with Crippen molar-refractivity contribution in [3.05, 3.63) is 135 Å². The van der Waals surface area contributed by atoms with Gasteiger partial charge in [-0.15, -0.1) is 0 Å². The number of fused-ring (bicyclic) bond motifs is 3. The molecule has 7 heteroatoms. The van der Waals surface area contributed by atoms with Crippen molar-refractivity contribution in [2.24, 2.45) is 4.99 Å². The first-order valence-corrected chi connectivity index (χ1v) is 12.1. The van der Waals surface area contributed by atoms with Crippen LogP contribution in [-0.4, -0.2) is 19.0 Å². The van der Waals surface area contributed by atoms with E-state index in [2.05, 4.69) is 25.1 Å². The highest BCUT2D eigenvalue weighted by atomic mass is 32.2. The molecule has 0 radical (unpaired) electrons. The van der Waals surface area contributed by atoms with Gasteiger partial charge in [0.25, 0.3) is 0 Å². The van der Waals surface area contributed by atoms with Gasteiger partial charge in [-0.3, -0.25) is 0 Å². The van der Waals surface area contributed by atoms with Crippen LogP contribution in [0.4, 0.5) is 0 Å². The van der Waals surface area contributed by atoms with E-state index < -0.39 is 0 Å². The number of hydrogen-bond donors (Lipinski definition) is 0. The molecule has 3 aromatic carbocycles. The summed E-state index contributed by atoms with van der Waals surface area (Å²) in [4.78, 5) is 32.4. The number of benzene rings is 3. The monoisotopic (exact) mass is 466 g/mol. The zero-order valence-electron chi connectivity index (χ0n) is 18.5. The number of hydrogen-bond acceptors (Lipinski definition) is 4. The Kier molecular flexibility index (Phi) is 4.99. The topological polar surface area (TPSA) is 61.3 Å².